The average molecular weight is 221 g/mol. The highest BCUT2D eigenvalue weighted by atomic mass is 14.7. The lowest BCUT2D eigenvalue weighted by Gasteiger charge is -2.35. The van der Waals surface area contributed by atoms with Gasteiger partial charge in [0.1, 0.15) is 0 Å². The van der Waals surface area contributed by atoms with E-state index in [1.54, 1.807) is 0 Å². The minimum absolute atomic E-state index is 0.544. The van der Waals surface area contributed by atoms with Gasteiger partial charge in [-0.1, -0.05) is 26.2 Å². The molecule has 3 aliphatic carbocycles. The summed E-state index contributed by atoms with van der Waals surface area (Å²) in [5.74, 6) is 4.94. The maximum Gasteiger partial charge on any atom is 0.00959 e. The summed E-state index contributed by atoms with van der Waals surface area (Å²) in [5, 5.41) is 0. The van der Waals surface area contributed by atoms with Crippen LogP contribution in [0.2, 0.25) is 0 Å². The summed E-state index contributed by atoms with van der Waals surface area (Å²) < 4.78 is 0. The van der Waals surface area contributed by atoms with E-state index in [9.17, 15) is 0 Å². The average Bonchev–Trinajstić information content (AvgIpc) is 2.95. The second kappa shape index (κ2) is 4.33. The van der Waals surface area contributed by atoms with Gasteiger partial charge in [0, 0.05) is 6.04 Å². The molecule has 3 fully saturated rings. The second-order valence-electron chi connectivity index (χ2n) is 6.77. The summed E-state index contributed by atoms with van der Waals surface area (Å²) in [6, 6.07) is 0.544. The van der Waals surface area contributed by atoms with Crippen LogP contribution in [0.4, 0.5) is 0 Å². The molecule has 1 nitrogen and oxygen atoms in total. The maximum atomic E-state index is 6.55. The Bertz CT molecular complexity index is 240. The van der Waals surface area contributed by atoms with Gasteiger partial charge in [-0.05, 0) is 61.7 Å². The number of hydrogen-bond acceptors (Lipinski definition) is 1. The Hall–Kier alpha value is -0.0400. The van der Waals surface area contributed by atoms with Crippen LogP contribution in [0.5, 0.6) is 0 Å². The van der Waals surface area contributed by atoms with Gasteiger partial charge in [0.05, 0.1) is 0 Å². The molecular formula is C15H27N. The molecule has 0 spiro atoms. The minimum atomic E-state index is 0.544. The maximum absolute atomic E-state index is 6.55. The Morgan fingerprint density at radius 2 is 1.75 bits per heavy atom. The van der Waals surface area contributed by atoms with E-state index >= 15 is 0 Å². The number of hydrogen-bond donors (Lipinski definition) is 1. The Labute approximate surface area is 100 Å². The SMILES string of the molecule is CCC1CCCC(C(N)C2CC3CC3C2)C1. The molecule has 0 saturated heterocycles. The molecule has 0 bridgehead atoms. The van der Waals surface area contributed by atoms with Gasteiger partial charge in [-0.25, -0.2) is 0 Å². The Balaban J connectivity index is 1.55. The summed E-state index contributed by atoms with van der Waals surface area (Å²) in [4.78, 5) is 0. The molecule has 0 aromatic rings. The molecule has 5 atom stereocenters. The topological polar surface area (TPSA) is 26.0 Å². The van der Waals surface area contributed by atoms with E-state index in [0.717, 1.165) is 29.6 Å². The van der Waals surface area contributed by atoms with Crippen molar-refractivity contribution >= 4 is 0 Å². The molecule has 0 aromatic carbocycles. The van der Waals surface area contributed by atoms with Crippen molar-refractivity contribution in [2.24, 2.45) is 35.3 Å². The van der Waals surface area contributed by atoms with Crippen LogP contribution in [0.3, 0.4) is 0 Å². The summed E-state index contributed by atoms with van der Waals surface area (Å²) in [6.45, 7) is 2.35. The van der Waals surface area contributed by atoms with Gasteiger partial charge >= 0.3 is 0 Å². The zero-order chi connectivity index (χ0) is 11.1. The highest BCUT2D eigenvalue weighted by molar-refractivity contribution is 5.00. The Kier molecular flexibility index (Phi) is 2.99. The van der Waals surface area contributed by atoms with Crippen molar-refractivity contribution in [2.75, 3.05) is 0 Å². The van der Waals surface area contributed by atoms with Crippen LogP contribution in [-0.4, -0.2) is 6.04 Å². The van der Waals surface area contributed by atoms with Gasteiger partial charge < -0.3 is 5.73 Å². The lowest BCUT2D eigenvalue weighted by atomic mass is 9.73. The quantitative estimate of drug-likeness (QED) is 0.774. The van der Waals surface area contributed by atoms with Crippen molar-refractivity contribution in [2.45, 2.75) is 64.3 Å². The highest BCUT2D eigenvalue weighted by Gasteiger charge is 2.48. The van der Waals surface area contributed by atoms with Crippen molar-refractivity contribution in [3.63, 3.8) is 0 Å². The first-order valence-electron chi connectivity index (χ1n) is 7.53. The van der Waals surface area contributed by atoms with Crippen molar-refractivity contribution < 1.29 is 0 Å². The fraction of sp³-hybridized carbons (Fsp3) is 1.00. The third-order valence-electron chi connectivity index (χ3n) is 5.77. The van der Waals surface area contributed by atoms with Crippen LogP contribution in [0.15, 0.2) is 0 Å². The van der Waals surface area contributed by atoms with Crippen LogP contribution >= 0.6 is 0 Å². The van der Waals surface area contributed by atoms with Crippen LogP contribution in [-0.2, 0) is 0 Å². The lowest BCUT2D eigenvalue weighted by Crippen LogP contribution is -2.39. The molecule has 16 heavy (non-hydrogen) atoms. The van der Waals surface area contributed by atoms with E-state index in [2.05, 4.69) is 6.92 Å². The van der Waals surface area contributed by atoms with E-state index in [4.69, 9.17) is 5.73 Å². The molecule has 5 unspecified atom stereocenters. The normalized spacial score (nSPS) is 48.8. The van der Waals surface area contributed by atoms with E-state index in [0.29, 0.717) is 6.04 Å². The molecule has 0 amide bonds. The van der Waals surface area contributed by atoms with Crippen LogP contribution < -0.4 is 5.73 Å². The fourth-order valence-corrected chi connectivity index (χ4v) is 4.51. The first-order valence-corrected chi connectivity index (χ1v) is 7.53. The summed E-state index contributed by atoms with van der Waals surface area (Å²) in [6.07, 6.45) is 11.6. The van der Waals surface area contributed by atoms with Crippen molar-refractivity contribution in [3.8, 4) is 0 Å². The Morgan fingerprint density at radius 3 is 2.44 bits per heavy atom. The smallest absolute Gasteiger partial charge is 0.00959 e. The van der Waals surface area contributed by atoms with E-state index in [1.807, 2.05) is 0 Å². The van der Waals surface area contributed by atoms with E-state index in [1.165, 1.54) is 51.4 Å². The summed E-state index contributed by atoms with van der Waals surface area (Å²) in [7, 11) is 0. The molecule has 3 saturated carbocycles. The fourth-order valence-electron chi connectivity index (χ4n) is 4.51. The molecule has 0 aliphatic heterocycles. The number of rotatable bonds is 3. The van der Waals surface area contributed by atoms with Gasteiger partial charge in [0.25, 0.3) is 0 Å². The zero-order valence-electron chi connectivity index (χ0n) is 10.7. The van der Waals surface area contributed by atoms with Gasteiger partial charge in [0.2, 0.25) is 0 Å². The van der Waals surface area contributed by atoms with E-state index in [-0.39, 0.29) is 0 Å². The molecule has 2 N–H and O–H groups in total. The third-order valence-corrected chi connectivity index (χ3v) is 5.77. The minimum Gasteiger partial charge on any atom is -0.327 e. The summed E-state index contributed by atoms with van der Waals surface area (Å²) >= 11 is 0. The van der Waals surface area contributed by atoms with Crippen molar-refractivity contribution in [1.29, 1.82) is 0 Å². The molecule has 0 heterocycles. The molecular weight excluding hydrogens is 194 g/mol. The standard InChI is InChI=1S/C15H27N/c1-2-10-4-3-5-11(6-10)15(16)14-8-12-7-13(12)9-14/h10-15H,2-9,16H2,1H3. The third kappa shape index (κ3) is 2.03. The number of nitrogens with two attached hydrogens (primary N) is 1. The van der Waals surface area contributed by atoms with Crippen LogP contribution in [0.1, 0.15) is 58.3 Å². The second-order valence-corrected chi connectivity index (χ2v) is 6.77. The van der Waals surface area contributed by atoms with Gasteiger partial charge in [-0.3, -0.25) is 0 Å². The number of fused-ring (bicyclic) bond motifs is 1. The first kappa shape index (κ1) is 11.1. The van der Waals surface area contributed by atoms with E-state index < -0.39 is 0 Å². The molecule has 3 aliphatic rings. The lowest BCUT2D eigenvalue weighted by molar-refractivity contribution is 0.189. The molecule has 3 rings (SSSR count). The van der Waals surface area contributed by atoms with Crippen molar-refractivity contribution in [3.05, 3.63) is 0 Å². The van der Waals surface area contributed by atoms with Crippen LogP contribution in [0, 0.1) is 29.6 Å². The Morgan fingerprint density at radius 1 is 1.00 bits per heavy atom. The van der Waals surface area contributed by atoms with Gasteiger partial charge in [0.15, 0.2) is 0 Å². The monoisotopic (exact) mass is 221 g/mol. The summed E-state index contributed by atoms with van der Waals surface area (Å²) in [5.41, 5.74) is 6.55. The van der Waals surface area contributed by atoms with Crippen molar-refractivity contribution in [1.82, 2.24) is 0 Å². The predicted molar refractivity (Wildman–Crippen MR) is 68.0 cm³/mol. The molecule has 0 radical (unpaired) electrons. The predicted octanol–water partition coefficient (Wildman–Crippen LogP) is 3.58. The highest BCUT2D eigenvalue weighted by Crippen LogP contribution is 2.56. The first-order chi connectivity index (χ1) is 7.78. The largest absolute Gasteiger partial charge is 0.327 e. The molecule has 1 heteroatoms. The van der Waals surface area contributed by atoms with Gasteiger partial charge in [-0.15, -0.1) is 0 Å². The molecule has 0 aromatic heterocycles. The molecule has 92 valence electrons. The zero-order valence-corrected chi connectivity index (χ0v) is 10.7. The van der Waals surface area contributed by atoms with Crippen LogP contribution in [0.25, 0.3) is 0 Å². The van der Waals surface area contributed by atoms with Gasteiger partial charge in [-0.2, -0.15) is 0 Å².